The molecular weight excluding hydrogens is 356 g/mol. The zero-order chi connectivity index (χ0) is 18.5. The van der Waals surface area contributed by atoms with Crippen LogP contribution in [0.5, 0.6) is 0 Å². The molecule has 0 aliphatic heterocycles. The van der Waals surface area contributed by atoms with Gasteiger partial charge in [0, 0.05) is 17.4 Å². The molecule has 27 heavy (non-hydrogen) atoms. The third kappa shape index (κ3) is 3.08. The predicted molar refractivity (Wildman–Crippen MR) is 107 cm³/mol. The van der Waals surface area contributed by atoms with Crippen LogP contribution in [0.15, 0.2) is 30.3 Å². The highest BCUT2D eigenvalue weighted by Gasteiger charge is 2.60. The zero-order valence-electron chi connectivity index (χ0n) is 15.7. The standard InChI is InChI=1S/C21H26N4OS/c1-27-19(26)23-21-11-15-7-16(12-21)10-20(9-15,13-21)18-22-17(24-25-18)8-14-5-3-2-4-6-14/h2-6,15-16H,7-13H2,1H3,(H,23,26)(H,22,24,25)/t15-,16+,20?,21?. The van der Waals surface area contributed by atoms with Crippen LogP contribution in [0.3, 0.4) is 0 Å². The summed E-state index contributed by atoms with van der Waals surface area (Å²) in [6.45, 7) is 0. The summed E-state index contributed by atoms with van der Waals surface area (Å²) in [6.07, 6.45) is 9.52. The normalized spacial score (nSPS) is 34.0. The van der Waals surface area contributed by atoms with Gasteiger partial charge in [-0.25, -0.2) is 4.98 Å². The van der Waals surface area contributed by atoms with Crippen LogP contribution >= 0.6 is 11.8 Å². The van der Waals surface area contributed by atoms with Crippen molar-refractivity contribution in [2.45, 2.75) is 55.9 Å². The Morgan fingerprint density at radius 3 is 2.67 bits per heavy atom. The second-order valence-electron chi connectivity index (χ2n) is 8.91. The van der Waals surface area contributed by atoms with E-state index in [-0.39, 0.29) is 16.2 Å². The van der Waals surface area contributed by atoms with E-state index < -0.39 is 0 Å². The number of carbonyl (C=O) groups is 1. The Kier molecular flexibility index (Phi) is 4.08. The van der Waals surface area contributed by atoms with E-state index in [1.807, 2.05) is 12.3 Å². The van der Waals surface area contributed by atoms with Crippen molar-refractivity contribution in [2.75, 3.05) is 6.26 Å². The van der Waals surface area contributed by atoms with Crippen molar-refractivity contribution in [3.63, 3.8) is 0 Å². The molecule has 0 spiro atoms. The van der Waals surface area contributed by atoms with Crippen LogP contribution < -0.4 is 5.32 Å². The average Bonchev–Trinajstić information content (AvgIpc) is 3.10. The fraction of sp³-hybridized carbons (Fsp3) is 0.571. The minimum atomic E-state index is -0.0512. The van der Waals surface area contributed by atoms with E-state index in [9.17, 15) is 4.79 Å². The molecule has 1 heterocycles. The third-order valence-electron chi connectivity index (χ3n) is 6.83. The van der Waals surface area contributed by atoms with Gasteiger partial charge in [0.05, 0.1) is 0 Å². The molecule has 2 aromatic rings. The predicted octanol–water partition coefficient (Wildman–Crippen LogP) is 4.06. The fourth-order valence-corrected chi connectivity index (χ4v) is 6.66. The number of thioether (sulfide) groups is 1. The molecule has 142 valence electrons. The van der Waals surface area contributed by atoms with E-state index >= 15 is 0 Å². The summed E-state index contributed by atoms with van der Waals surface area (Å²) in [6, 6.07) is 10.4. The van der Waals surface area contributed by atoms with E-state index in [0.29, 0.717) is 11.8 Å². The second kappa shape index (κ2) is 6.36. The lowest BCUT2D eigenvalue weighted by Crippen LogP contribution is -2.64. The molecule has 4 bridgehead atoms. The smallest absolute Gasteiger partial charge is 0.279 e. The van der Waals surface area contributed by atoms with E-state index in [1.165, 1.54) is 36.6 Å². The summed E-state index contributed by atoms with van der Waals surface area (Å²) in [5, 5.41) is 11.3. The van der Waals surface area contributed by atoms with Crippen molar-refractivity contribution in [1.82, 2.24) is 20.5 Å². The van der Waals surface area contributed by atoms with Crippen LogP contribution in [0, 0.1) is 11.8 Å². The molecule has 0 saturated heterocycles. The Labute approximate surface area is 164 Å². The first-order chi connectivity index (χ1) is 13.1. The number of nitrogens with one attached hydrogen (secondary N) is 2. The number of aromatic nitrogens is 3. The summed E-state index contributed by atoms with van der Waals surface area (Å²) in [7, 11) is 0. The van der Waals surface area contributed by atoms with Crippen LogP contribution in [-0.2, 0) is 11.8 Å². The van der Waals surface area contributed by atoms with Gasteiger partial charge in [0.2, 0.25) is 0 Å². The highest BCUT2D eigenvalue weighted by atomic mass is 32.2. The summed E-state index contributed by atoms with van der Waals surface area (Å²) in [5.74, 6) is 3.29. The number of hydrogen-bond donors (Lipinski definition) is 2. The van der Waals surface area contributed by atoms with Crippen molar-refractivity contribution in [3.05, 3.63) is 47.5 Å². The molecule has 1 amide bonds. The van der Waals surface area contributed by atoms with Gasteiger partial charge in [-0.3, -0.25) is 9.89 Å². The number of benzene rings is 1. The van der Waals surface area contributed by atoms with Gasteiger partial charge >= 0.3 is 0 Å². The number of nitrogens with zero attached hydrogens (tertiary/aromatic N) is 2. The van der Waals surface area contributed by atoms with Crippen molar-refractivity contribution >= 4 is 17.0 Å². The summed E-state index contributed by atoms with van der Waals surface area (Å²) < 4.78 is 0. The number of aromatic amines is 1. The highest BCUT2D eigenvalue weighted by molar-refractivity contribution is 8.12. The third-order valence-corrected chi connectivity index (χ3v) is 7.31. The van der Waals surface area contributed by atoms with Gasteiger partial charge in [0.1, 0.15) is 5.82 Å². The van der Waals surface area contributed by atoms with Gasteiger partial charge in [-0.2, -0.15) is 5.10 Å². The molecule has 4 aliphatic carbocycles. The minimum Gasteiger partial charge on any atom is -0.341 e. The van der Waals surface area contributed by atoms with Crippen LogP contribution in [0.4, 0.5) is 4.79 Å². The van der Waals surface area contributed by atoms with E-state index in [1.54, 1.807) is 0 Å². The minimum absolute atomic E-state index is 0.0290. The zero-order valence-corrected chi connectivity index (χ0v) is 16.5. The lowest BCUT2D eigenvalue weighted by atomic mass is 9.46. The van der Waals surface area contributed by atoms with Crippen LogP contribution in [0.25, 0.3) is 0 Å². The van der Waals surface area contributed by atoms with Gasteiger partial charge in [0.15, 0.2) is 5.82 Å². The first-order valence-electron chi connectivity index (χ1n) is 9.90. The molecule has 2 N–H and O–H groups in total. The quantitative estimate of drug-likeness (QED) is 0.837. The van der Waals surface area contributed by atoms with Gasteiger partial charge in [-0.15, -0.1) is 0 Å². The average molecular weight is 383 g/mol. The number of carbonyl (C=O) groups excluding carboxylic acids is 1. The lowest BCUT2D eigenvalue weighted by Gasteiger charge is -2.61. The van der Waals surface area contributed by atoms with Gasteiger partial charge in [-0.1, -0.05) is 42.1 Å². The van der Waals surface area contributed by atoms with E-state index in [4.69, 9.17) is 4.98 Å². The first kappa shape index (κ1) is 17.3. The maximum atomic E-state index is 12.2. The van der Waals surface area contributed by atoms with Gasteiger partial charge in [0.25, 0.3) is 5.24 Å². The summed E-state index contributed by atoms with van der Waals surface area (Å²) in [5.41, 5.74) is 1.22. The summed E-state index contributed by atoms with van der Waals surface area (Å²) >= 11 is 1.29. The maximum Gasteiger partial charge on any atom is 0.279 e. The maximum absolute atomic E-state index is 12.2. The van der Waals surface area contributed by atoms with Crippen molar-refractivity contribution < 1.29 is 4.79 Å². The van der Waals surface area contributed by atoms with Gasteiger partial charge < -0.3 is 5.32 Å². The molecule has 4 aliphatic rings. The lowest BCUT2D eigenvalue weighted by molar-refractivity contribution is -0.0371. The summed E-state index contributed by atoms with van der Waals surface area (Å²) in [4.78, 5) is 17.1. The molecule has 4 atom stereocenters. The van der Waals surface area contributed by atoms with E-state index in [2.05, 4.69) is 39.8 Å². The molecule has 1 aromatic carbocycles. The van der Waals surface area contributed by atoms with Crippen LogP contribution in [0.2, 0.25) is 0 Å². The molecule has 5 nitrogen and oxygen atoms in total. The van der Waals surface area contributed by atoms with Crippen LogP contribution in [-0.4, -0.2) is 32.2 Å². The van der Waals surface area contributed by atoms with Gasteiger partial charge in [-0.05, 0) is 62.2 Å². The highest BCUT2D eigenvalue weighted by Crippen LogP contribution is 2.61. The molecule has 4 fully saturated rings. The molecule has 6 rings (SSSR count). The molecule has 1 aromatic heterocycles. The monoisotopic (exact) mass is 382 g/mol. The van der Waals surface area contributed by atoms with Crippen molar-refractivity contribution in [3.8, 4) is 0 Å². The Morgan fingerprint density at radius 1 is 1.22 bits per heavy atom. The second-order valence-corrected chi connectivity index (χ2v) is 9.69. The Morgan fingerprint density at radius 2 is 1.96 bits per heavy atom. The van der Waals surface area contributed by atoms with Crippen LogP contribution in [0.1, 0.15) is 55.7 Å². The first-order valence-corrected chi connectivity index (χ1v) is 11.1. The molecule has 0 radical (unpaired) electrons. The molecule has 2 unspecified atom stereocenters. The number of H-pyrrole nitrogens is 1. The number of amides is 1. The Hall–Kier alpha value is -1.82. The fourth-order valence-electron chi connectivity index (χ4n) is 6.34. The molecule has 4 saturated carbocycles. The van der Waals surface area contributed by atoms with Crippen molar-refractivity contribution in [1.29, 1.82) is 0 Å². The largest absolute Gasteiger partial charge is 0.341 e. The Balaban J connectivity index is 1.42. The topological polar surface area (TPSA) is 70.7 Å². The number of hydrogen-bond acceptors (Lipinski definition) is 4. The molecular formula is C21H26N4OS. The molecule has 6 heteroatoms. The van der Waals surface area contributed by atoms with Crippen molar-refractivity contribution in [2.24, 2.45) is 11.8 Å². The van der Waals surface area contributed by atoms with E-state index in [0.717, 1.165) is 37.3 Å². The SMILES string of the molecule is CSC(=O)NC12C[C@H]3C[C@@H](C1)CC(c1n[nH]c(Cc4ccccc4)n1)(C3)C2. The number of rotatable bonds is 4. The Bertz CT molecular complexity index is 835.